The fourth-order valence-corrected chi connectivity index (χ4v) is 4.05. The number of anilines is 1. The van der Waals surface area contributed by atoms with Crippen molar-refractivity contribution in [2.24, 2.45) is 5.92 Å². The summed E-state index contributed by atoms with van der Waals surface area (Å²) in [4.78, 5) is 11.6. The largest absolute Gasteiger partial charge is 0.374 e. The molecule has 1 heterocycles. The molecule has 1 atom stereocenters. The Hall–Kier alpha value is -1.77. The Kier molecular flexibility index (Phi) is 4.94. The molecule has 9 heteroatoms. The van der Waals surface area contributed by atoms with Gasteiger partial charge in [0, 0.05) is 18.7 Å². The molecule has 2 rings (SSSR count). The Labute approximate surface area is 125 Å². The molecule has 0 bridgehead atoms. The first-order chi connectivity index (χ1) is 10.3. The molecule has 5 nitrogen and oxygen atoms in total. The van der Waals surface area contributed by atoms with E-state index in [0.29, 0.717) is 18.6 Å². The van der Waals surface area contributed by atoms with E-state index >= 15 is 0 Å². The molecule has 122 valence electrons. The Morgan fingerprint density at radius 3 is 2.50 bits per heavy atom. The van der Waals surface area contributed by atoms with Crippen molar-refractivity contribution in [2.45, 2.75) is 6.42 Å². The Balaban J connectivity index is 1.80. The highest BCUT2D eigenvalue weighted by Gasteiger charge is 2.27. The number of rotatable bonds is 5. The van der Waals surface area contributed by atoms with Crippen LogP contribution in [0, 0.1) is 23.4 Å². The number of halogens is 3. The van der Waals surface area contributed by atoms with Gasteiger partial charge in [0.05, 0.1) is 23.7 Å². The lowest BCUT2D eigenvalue weighted by Crippen LogP contribution is -2.34. The third-order valence-corrected chi connectivity index (χ3v) is 5.20. The van der Waals surface area contributed by atoms with Crippen LogP contribution in [0.5, 0.6) is 0 Å². The van der Waals surface area contributed by atoms with Crippen LogP contribution in [0.25, 0.3) is 0 Å². The molecular weight excluding hydrogens is 321 g/mol. The van der Waals surface area contributed by atoms with E-state index in [4.69, 9.17) is 0 Å². The van der Waals surface area contributed by atoms with Crippen molar-refractivity contribution >= 4 is 21.4 Å². The number of hydrogen-bond donors (Lipinski definition) is 2. The Morgan fingerprint density at radius 2 is 1.86 bits per heavy atom. The van der Waals surface area contributed by atoms with Gasteiger partial charge in [-0.25, -0.2) is 21.6 Å². The maximum Gasteiger partial charge on any atom is 0.239 e. The van der Waals surface area contributed by atoms with E-state index in [1.54, 1.807) is 0 Å². The number of benzene rings is 1. The first kappa shape index (κ1) is 16.6. The zero-order valence-electron chi connectivity index (χ0n) is 11.5. The third kappa shape index (κ3) is 4.36. The second kappa shape index (κ2) is 6.55. The van der Waals surface area contributed by atoms with Gasteiger partial charge in [-0.15, -0.1) is 0 Å². The van der Waals surface area contributed by atoms with E-state index in [0.717, 1.165) is 0 Å². The lowest BCUT2D eigenvalue weighted by atomic mass is 10.1. The first-order valence-electron chi connectivity index (χ1n) is 6.62. The van der Waals surface area contributed by atoms with Crippen LogP contribution in [-0.2, 0) is 14.6 Å². The van der Waals surface area contributed by atoms with Crippen molar-refractivity contribution in [1.29, 1.82) is 0 Å². The topological polar surface area (TPSA) is 75.3 Å². The first-order valence-corrected chi connectivity index (χ1v) is 8.44. The molecule has 22 heavy (non-hydrogen) atoms. The van der Waals surface area contributed by atoms with Gasteiger partial charge in [-0.05, 0) is 12.3 Å². The van der Waals surface area contributed by atoms with Gasteiger partial charge in [-0.3, -0.25) is 4.79 Å². The van der Waals surface area contributed by atoms with Crippen molar-refractivity contribution < 1.29 is 26.4 Å². The molecule has 1 aromatic rings. The minimum absolute atomic E-state index is 0.0402. The summed E-state index contributed by atoms with van der Waals surface area (Å²) in [6.07, 6.45) is 0.494. The second-order valence-electron chi connectivity index (χ2n) is 5.17. The number of sulfone groups is 1. The molecule has 0 aliphatic carbocycles. The molecule has 1 amide bonds. The smallest absolute Gasteiger partial charge is 0.239 e. The predicted molar refractivity (Wildman–Crippen MR) is 74.6 cm³/mol. The summed E-state index contributed by atoms with van der Waals surface area (Å²) in [6.45, 7) is -0.124. The van der Waals surface area contributed by atoms with Crippen molar-refractivity contribution in [3.05, 3.63) is 29.6 Å². The molecule has 1 fully saturated rings. The van der Waals surface area contributed by atoms with Gasteiger partial charge in [0.25, 0.3) is 0 Å². The molecule has 0 unspecified atom stereocenters. The molecule has 0 spiro atoms. The second-order valence-corrected chi connectivity index (χ2v) is 7.40. The van der Waals surface area contributed by atoms with Crippen LogP contribution in [0.2, 0.25) is 0 Å². The molecule has 1 aliphatic rings. The summed E-state index contributed by atoms with van der Waals surface area (Å²) in [5, 5.41) is 4.88. The van der Waals surface area contributed by atoms with Crippen LogP contribution < -0.4 is 10.6 Å². The molecule has 0 saturated carbocycles. The average molecular weight is 336 g/mol. The van der Waals surface area contributed by atoms with Crippen LogP contribution in [0.3, 0.4) is 0 Å². The molecule has 2 N–H and O–H groups in total. The Morgan fingerprint density at radius 1 is 1.18 bits per heavy atom. The number of nitrogens with one attached hydrogen (secondary N) is 2. The fraction of sp³-hybridized carbons (Fsp3) is 0.462. The standard InChI is InChI=1S/C13H15F3N2O3S/c14-9-3-11(16)12(4-10(9)15)17-6-13(19)18-5-8-1-2-22(20,21)7-8/h3-4,8,17H,1-2,5-7H2,(H,18,19)/t8-/m0/s1. The fourth-order valence-electron chi connectivity index (χ4n) is 2.19. The molecule has 1 aromatic carbocycles. The normalized spacial score (nSPS) is 19.9. The number of amides is 1. The van der Waals surface area contributed by atoms with Crippen molar-refractivity contribution in [1.82, 2.24) is 5.32 Å². The van der Waals surface area contributed by atoms with Crippen molar-refractivity contribution in [3.63, 3.8) is 0 Å². The van der Waals surface area contributed by atoms with E-state index in [-0.39, 0.29) is 36.2 Å². The van der Waals surface area contributed by atoms with Gasteiger partial charge in [0.2, 0.25) is 5.91 Å². The van der Waals surface area contributed by atoms with E-state index in [1.165, 1.54) is 0 Å². The number of carbonyl (C=O) groups excluding carboxylic acids is 1. The third-order valence-electron chi connectivity index (χ3n) is 3.36. The van der Waals surface area contributed by atoms with E-state index in [9.17, 15) is 26.4 Å². The van der Waals surface area contributed by atoms with Crippen LogP contribution in [0.4, 0.5) is 18.9 Å². The summed E-state index contributed by atoms with van der Waals surface area (Å²) in [5.74, 6) is -4.00. The maximum atomic E-state index is 13.3. The zero-order valence-corrected chi connectivity index (χ0v) is 12.4. The number of carbonyl (C=O) groups is 1. The van der Waals surface area contributed by atoms with Crippen LogP contribution in [0.15, 0.2) is 12.1 Å². The van der Waals surface area contributed by atoms with Crippen LogP contribution >= 0.6 is 0 Å². The predicted octanol–water partition coefficient (Wildman–Crippen LogP) is 1.07. The maximum absolute atomic E-state index is 13.3. The highest BCUT2D eigenvalue weighted by atomic mass is 32.2. The minimum atomic E-state index is -3.01. The van der Waals surface area contributed by atoms with Gasteiger partial charge in [0.1, 0.15) is 5.82 Å². The molecule has 1 saturated heterocycles. The summed E-state index contributed by atoms with van der Waals surface area (Å²) in [5.41, 5.74) is -0.322. The van der Waals surface area contributed by atoms with Gasteiger partial charge < -0.3 is 10.6 Å². The van der Waals surface area contributed by atoms with Crippen LogP contribution in [0.1, 0.15) is 6.42 Å². The summed E-state index contributed by atoms with van der Waals surface area (Å²) < 4.78 is 61.6. The Bertz CT molecular complexity index is 679. The van der Waals surface area contributed by atoms with Gasteiger partial charge in [0.15, 0.2) is 21.5 Å². The minimum Gasteiger partial charge on any atom is -0.374 e. The van der Waals surface area contributed by atoms with E-state index in [2.05, 4.69) is 10.6 Å². The summed E-state index contributed by atoms with van der Waals surface area (Å²) in [7, 11) is -3.01. The van der Waals surface area contributed by atoms with Crippen LogP contribution in [-0.4, -0.2) is 38.9 Å². The monoisotopic (exact) mass is 336 g/mol. The highest BCUT2D eigenvalue weighted by molar-refractivity contribution is 7.91. The molecule has 0 aromatic heterocycles. The average Bonchev–Trinajstić information content (AvgIpc) is 2.78. The van der Waals surface area contributed by atoms with E-state index in [1.807, 2.05) is 0 Å². The lowest BCUT2D eigenvalue weighted by Gasteiger charge is -2.11. The van der Waals surface area contributed by atoms with Gasteiger partial charge >= 0.3 is 0 Å². The quantitative estimate of drug-likeness (QED) is 0.789. The highest BCUT2D eigenvalue weighted by Crippen LogP contribution is 2.18. The lowest BCUT2D eigenvalue weighted by molar-refractivity contribution is -0.119. The van der Waals surface area contributed by atoms with E-state index < -0.39 is 33.2 Å². The van der Waals surface area contributed by atoms with Gasteiger partial charge in [-0.2, -0.15) is 0 Å². The molecule has 0 radical (unpaired) electrons. The van der Waals surface area contributed by atoms with Crippen molar-refractivity contribution in [2.75, 3.05) is 29.9 Å². The molecule has 1 aliphatic heterocycles. The van der Waals surface area contributed by atoms with Gasteiger partial charge in [-0.1, -0.05) is 0 Å². The number of hydrogen-bond acceptors (Lipinski definition) is 4. The summed E-state index contributed by atoms with van der Waals surface area (Å²) >= 11 is 0. The molecular formula is C13H15F3N2O3S. The summed E-state index contributed by atoms with van der Waals surface area (Å²) in [6, 6.07) is 1.01. The zero-order chi connectivity index (χ0) is 16.3. The van der Waals surface area contributed by atoms with Crippen molar-refractivity contribution in [3.8, 4) is 0 Å². The SMILES string of the molecule is O=C(CNc1cc(F)c(F)cc1F)NC[C@@H]1CCS(=O)(=O)C1.